The van der Waals surface area contributed by atoms with Crippen molar-refractivity contribution in [3.05, 3.63) is 0 Å². The molecule has 0 spiro atoms. The third-order valence-corrected chi connectivity index (χ3v) is 4.64. The summed E-state index contributed by atoms with van der Waals surface area (Å²) < 4.78 is 0. The van der Waals surface area contributed by atoms with Gasteiger partial charge in [-0.1, -0.05) is 0 Å². The molecule has 0 bridgehead atoms. The van der Waals surface area contributed by atoms with Crippen LogP contribution in [0.2, 0.25) is 0 Å². The molecule has 0 radical (unpaired) electrons. The number of nitrogens with two attached hydrogens (primary N) is 1. The van der Waals surface area contributed by atoms with Crippen molar-refractivity contribution in [1.29, 1.82) is 0 Å². The van der Waals surface area contributed by atoms with Gasteiger partial charge in [-0.05, 0) is 64.5 Å². The van der Waals surface area contributed by atoms with Gasteiger partial charge in [0.1, 0.15) is 0 Å². The molecular weight excluding hydrogens is 238 g/mol. The fraction of sp³-hybridized carbons (Fsp3) is 0.933. The van der Waals surface area contributed by atoms with E-state index in [9.17, 15) is 4.79 Å². The summed E-state index contributed by atoms with van der Waals surface area (Å²) in [4.78, 5) is 14.3. The van der Waals surface area contributed by atoms with Gasteiger partial charge in [0, 0.05) is 25.0 Å². The molecular formula is C15H29N3O. The summed E-state index contributed by atoms with van der Waals surface area (Å²) in [7, 11) is 2.18. The van der Waals surface area contributed by atoms with Gasteiger partial charge < -0.3 is 16.0 Å². The number of rotatable bonds is 5. The van der Waals surface area contributed by atoms with E-state index in [1.54, 1.807) is 0 Å². The summed E-state index contributed by atoms with van der Waals surface area (Å²) in [6.45, 7) is 2.43. The van der Waals surface area contributed by atoms with E-state index in [0.717, 1.165) is 38.0 Å². The molecule has 1 amide bonds. The molecule has 3 N–H and O–H groups in total. The van der Waals surface area contributed by atoms with E-state index in [4.69, 9.17) is 5.73 Å². The quantitative estimate of drug-likeness (QED) is 0.793. The van der Waals surface area contributed by atoms with Crippen LogP contribution < -0.4 is 11.1 Å². The predicted molar refractivity (Wildman–Crippen MR) is 77.8 cm³/mol. The number of carbonyl (C=O) groups is 1. The zero-order valence-electron chi connectivity index (χ0n) is 12.2. The Balaban J connectivity index is 1.54. The lowest BCUT2D eigenvalue weighted by Crippen LogP contribution is -2.40. The van der Waals surface area contributed by atoms with Crippen molar-refractivity contribution < 1.29 is 4.79 Å². The lowest BCUT2D eigenvalue weighted by molar-refractivity contribution is -0.122. The standard InChI is InChI=1S/C15H29N3O/c1-18-10-9-12(11-18)3-2-4-15(19)17-14-7-5-13(16)6-8-14/h12-14H,2-11,16H2,1H3,(H,17,19). The lowest BCUT2D eigenvalue weighted by Gasteiger charge is -2.26. The molecule has 1 aliphatic heterocycles. The summed E-state index contributed by atoms with van der Waals surface area (Å²) in [5.41, 5.74) is 5.87. The Bertz CT molecular complexity index is 287. The fourth-order valence-electron chi connectivity index (χ4n) is 3.38. The fourth-order valence-corrected chi connectivity index (χ4v) is 3.38. The second-order valence-electron chi connectivity index (χ2n) is 6.49. The summed E-state index contributed by atoms with van der Waals surface area (Å²) in [6, 6.07) is 0.734. The van der Waals surface area contributed by atoms with E-state index < -0.39 is 0 Å². The molecule has 1 aliphatic carbocycles. The van der Waals surface area contributed by atoms with E-state index in [1.165, 1.54) is 25.9 Å². The van der Waals surface area contributed by atoms with Gasteiger partial charge in [-0.2, -0.15) is 0 Å². The maximum atomic E-state index is 11.9. The highest BCUT2D eigenvalue weighted by Crippen LogP contribution is 2.21. The second-order valence-corrected chi connectivity index (χ2v) is 6.49. The van der Waals surface area contributed by atoms with Crippen LogP contribution in [0.25, 0.3) is 0 Å². The lowest BCUT2D eigenvalue weighted by atomic mass is 9.91. The van der Waals surface area contributed by atoms with E-state index in [1.807, 2.05) is 0 Å². The van der Waals surface area contributed by atoms with Gasteiger partial charge in [0.25, 0.3) is 0 Å². The topological polar surface area (TPSA) is 58.4 Å². The first-order chi connectivity index (χ1) is 9.13. The van der Waals surface area contributed by atoms with Crippen molar-refractivity contribution in [2.75, 3.05) is 20.1 Å². The van der Waals surface area contributed by atoms with Crippen molar-refractivity contribution in [2.45, 2.75) is 63.5 Å². The van der Waals surface area contributed by atoms with Crippen LogP contribution in [-0.2, 0) is 4.79 Å². The summed E-state index contributed by atoms with van der Waals surface area (Å²) in [5, 5.41) is 3.17. The van der Waals surface area contributed by atoms with Crippen molar-refractivity contribution in [2.24, 2.45) is 11.7 Å². The third-order valence-electron chi connectivity index (χ3n) is 4.64. The Kier molecular flexibility index (Phi) is 5.64. The minimum absolute atomic E-state index is 0.242. The molecule has 19 heavy (non-hydrogen) atoms. The monoisotopic (exact) mass is 267 g/mol. The van der Waals surface area contributed by atoms with E-state index in [0.29, 0.717) is 18.5 Å². The Morgan fingerprint density at radius 3 is 2.63 bits per heavy atom. The molecule has 2 rings (SSSR count). The van der Waals surface area contributed by atoms with Crippen LogP contribution in [0, 0.1) is 5.92 Å². The molecule has 1 heterocycles. The van der Waals surface area contributed by atoms with Gasteiger partial charge in [-0.3, -0.25) is 4.79 Å². The maximum Gasteiger partial charge on any atom is 0.220 e. The number of nitrogens with one attached hydrogen (secondary N) is 1. The van der Waals surface area contributed by atoms with Crippen LogP contribution in [0.4, 0.5) is 0 Å². The average molecular weight is 267 g/mol. The van der Waals surface area contributed by atoms with Crippen molar-refractivity contribution in [1.82, 2.24) is 10.2 Å². The zero-order chi connectivity index (χ0) is 13.7. The highest BCUT2D eigenvalue weighted by Gasteiger charge is 2.21. The van der Waals surface area contributed by atoms with Gasteiger partial charge in [0.15, 0.2) is 0 Å². The van der Waals surface area contributed by atoms with Crippen LogP contribution in [-0.4, -0.2) is 43.0 Å². The molecule has 0 aromatic carbocycles. The second kappa shape index (κ2) is 7.25. The third kappa shape index (κ3) is 5.11. The van der Waals surface area contributed by atoms with E-state index in [2.05, 4.69) is 17.3 Å². The number of amides is 1. The number of hydrogen-bond acceptors (Lipinski definition) is 3. The Labute approximate surface area is 117 Å². The summed E-state index contributed by atoms with van der Waals surface area (Å²) in [6.07, 6.45) is 8.46. The van der Waals surface area contributed by atoms with Gasteiger partial charge in [0.05, 0.1) is 0 Å². The van der Waals surface area contributed by atoms with Crippen molar-refractivity contribution in [3.63, 3.8) is 0 Å². The number of likely N-dealkylation sites (tertiary alicyclic amines) is 1. The predicted octanol–water partition coefficient (Wildman–Crippen LogP) is 1.49. The van der Waals surface area contributed by atoms with Gasteiger partial charge in [-0.15, -0.1) is 0 Å². The van der Waals surface area contributed by atoms with E-state index >= 15 is 0 Å². The molecule has 1 unspecified atom stereocenters. The Hall–Kier alpha value is -0.610. The first kappa shape index (κ1) is 14.8. The number of hydrogen-bond donors (Lipinski definition) is 2. The van der Waals surface area contributed by atoms with E-state index in [-0.39, 0.29) is 5.91 Å². The van der Waals surface area contributed by atoms with Crippen LogP contribution >= 0.6 is 0 Å². The number of nitrogens with zero attached hydrogens (tertiary/aromatic N) is 1. The zero-order valence-corrected chi connectivity index (χ0v) is 12.2. The SMILES string of the molecule is CN1CCC(CCCC(=O)NC2CCC(N)CC2)C1. The highest BCUT2D eigenvalue weighted by atomic mass is 16.1. The first-order valence-corrected chi connectivity index (χ1v) is 7.87. The Morgan fingerprint density at radius 1 is 1.26 bits per heavy atom. The van der Waals surface area contributed by atoms with Crippen LogP contribution in [0.1, 0.15) is 51.4 Å². The summed E-state index contributed by atoms with van der Waals surface area (Å²) >= 11 is 0. The normalized spacial score (nSPS) is 32.4. The largest absolute Gasteiger partial charge is 0.353 e. The minimum atomic E-state index is 0.242. The molecule has 1 saturated carbocycles. The maximum absolute atomic E-state index is 11.9. The molecule has 2 aliphatic rings. The number of carbonyl (C=O) groups excluding carboxylic acids is 1. The van der Waals surface area contributed by atoms with Crippen molar-refractivity contribution in [3.8, 4) is 0 Å². The Morgan fingerprint density at radius 2 is 2.00 bits per heavy atom. The smallest absolute Gasteiger partial charge is 0.220 e. The molecule has 0 aromatic rings. The van der Waals surface area contributed by atoms with Gasteiger partial charge >= 0.3 is 0 Å². The van der Waals surface area contributed by atoms with Crippen LogP contribution in [0.5, 0.6) is 0 Å². The van der Waals surface area contributed by atoms with Gasteiger partial charge in [-0.25, -0.2) is 0 Å². The first-order valence-electron chi connectivity index (χ1n) is 7.87. The van der Waals surface area contributed by atoms with Crippen LogP contribution in [0.3, 0.4) is 0 Å². The molecule has 1 atom stereocenters. The molecule has 2 fully saturated rings. The summed E-state index contributed by atoms with van der Waals surface area (Å²) in [5.74, 6) is 1.05. The molecule has 110 valence electrons. The molecule has 4 heteroatoms. The highest BCUT2D eigenvalue weighted by molar-refractivity contribution is 5.76. The molecule has 1 saturated heterocycles. The molecule has 4 nitrogen and oxygen atoms in total. The van der Waals surface area contributed by atoms with Crippen LogP contribution in [0.15, 0.2) is 0 Å². The van der Waals surface area contributed by atoms with Crippen molar-refractivity contribution >= 4 is 5.91 Å². The minimum Gasteiger partial charge on any atom is -0.353 e. The van der Waals surface area contributed by atoms with Gasteiger partial charge in [0.2, 0.25) is 5.91 Å². The molecule has 0 aromatic heterocycles. The average Bonchev–Trinajstić information content (AvgIpc) is 2.78.